The second-order valence-electron chi connectivity index (χ2n) is 3.43. The average molecular weight is 124 g/mol. The lowest BCUT2D eigenvalue weighted by atomic mass is 9.79. The summed E-state index contributed by atoms with van der Waals surface area (Å²) in [6, 6.07) is 0. The zero-order valence-corrected chi connectivity index (χ0v) is 7.02. The van der Waals surface area contributed by atoms with Crippen LogP contribution in [0.3, 0.4) is 0 Å². The van der Waals surface area contributed by atoms with Gasteiger partial charge in [-0.05, 0) is 11.8 Å². The molecule has 0 saturated heterocycles. The van der Waals surface area contributed by atoms with Gasteiger partial charge in [-0.25, -0.2) is 0 Å². The fraction of sp³-hybridized carbons (Fsp3) is 1.00. The zero-order chi connectivity index (χ0) is 7.44. The molecule has 0 aromatic heterocycles. The topological polar surface area (TPSA) is 0 Å². The predicted molar refractivity (Wildman–Crippen MR) is 43.8 cm³/mol. The molecule has 52 valence electrons. The van der Waals surface area contributed by atoms with Gasteiger partial charge in [-0.2, -0.15) is 0 Å². The fourth-order valence-corrected chi connectivity index (χ4v) is 0.859. The monoisotopic (exact) mass is 124 g/mol. The van der Waals surface area contributed by atoms with Gasteiger partial charge in [0.25, 0.3) is 0 Å². The molecule has 0 aliphatic carbocycles. The summed E-state index contributed by atoms with van der Waals surface area (Å²) in [6.45, 7) is 8.81. The van der Waals surface area contributed by atoms with Crippen LogP contribution in [0.5, 0.6) is 0 Å². The van der Waals surface area contributed by atoms with Crippen LogP contribution < -0.4 is 0 Å². The van der Waals surface area contributed by atoms with Gasteiger partial charge >= 0.3 is 0 Å². The summed E-state index contributed by atoms with van der Waals surface area (Å²) in [5, 5.41) is 0. The Morgan fingerprint density at radius 2 is 1.56 bits per heavy atom. The average Bonchev–Trinajstić information content (AvgIpc) is 1.63. The normalized spacial score (nSPS) is 17.9. The van der Waals surface area contributed by atoms with E-state index in [2.05, 4.69) is 27.7 Å². The van der Waals surface area contributed by atoms with Crippen molar-refractivity contribution in [1.82, 2.24) is 0 Å². The molecule has 0 heterocycles. The Balaban J connectivity index is 3.38. The molecule has 0 bridgehead atoms. The van der Waals surface area contributed by atoms with Gasteiger partial charge < -0.3 is 0 Å². The van der Waals surface area contributed by atoms with Gasteiger partial charge in [-0.3, -0.25) is 0 Å². The van der Waals surface area contributed by atoms with Gasteiger partial charge in [0, 0.05) is 0 Å². The van der Waals surface area contributed by atoms with E-state index in [9.17, 15) is 0 Å². The molecule has 0 rings (SSSR count). The van der Waals surface area contributed by atoms with Gasteiger partial charge in [0.1, 0.15) is 0 Å². The minimum absolute atomic E-state index is 0.363. The van der Waals surface area contributed by atoms with Crippen molar-refractivity contribution in [3.05, 3.63) is 0 Å². The quantitative estimate of drug-likeness (QED) is 0.507. The van der Waals surface area contributed by atoms with Crippen molar-refractivity contribution in [2.75, 3.05) is 0 Å². The number of hydrogen-bond donors (Lipinski definition) is 0. The molecule has 1 heteroatoms. The Labute approximate surface area is 60.4 Å². The lowest BCUT2D eigenvalue weighted by Gasteiger charge is -2.17. The molecule has 2 radical (unpaired) electrons. The second kappa shape index (κ2) is 3.97. The molecule has 0 fully saturated rings. The summed E-state index contributed by atoms with van der Waals surface area (Å²) in [5.41, 5.74) is 0. The first-order chi connectivity index (χ1) is 4.04. The van der Waals surface area contributed by atoms with Gasteiger partial charge in [-0.15, -0.1) is 0 Å². The fourth-order valence-electron chi connectivity index (χ4n) is 0.859. The Bertz CT molecular complexity index is 67.0. The van der Waals surface area contributed by atoms with E-state index >= 15 is 0 Å². The van der Waals surface area contributed by atoms with Gasteiger partial charge in [0.2, 0.25) is 0 Å². The maximum absolute atomic E-state index is 5.63. The molecule has 0 aromatic rings. The van der Waals surface area contributed by atoms with Crippen LogP contribution in [0.15, 0.2) is 0 Å². The number of hydrogen-bond acceptors (Lipinski definition) is 0. The summed E-state index contributed by atoms with van der Waals surface area (Å²) < 4.78 is 0. The maximum Gasteiger partial charge on any atom is 0.0695 e. The molecule has 0 nitrogen and oxygen atoms in total. The molecule has 0 N–H and O–H groups in total. The van der Waals surface area contributed by atoms with Crippen molar-refractivity contribution in [3.63, 3.8) is 0 Å². The van der Waals surface area contributed by atoms with Crippen molar-refractivity contribution >= 4 is 7.85 Å². The first kappa shape index (κ1) is 9.06. The molecule has 0 spiro atoms. The smallest absolute Gasteiger partial charge is 0.0695 e. The van der Waals surface area contributed by atoms with E-state index in [0.717, 1.165) is 18.3 Å². The molecule has 0 aromatic carbocycles. The third-order valence-corrected chi connectivity index (χ3v) is 1.88. The Hall–Kier alpha value is 0.0649. The molecule has 0 aliphatic rings. The molecular weight excluding hydrogens is 107 g/mol. The minimum Gasteiger partial charge on any atom is -0.0799 e. The summed E-state index contributed by atoms with van der Waals surface area (Å²) in [7, 11) is 5.63. The van der Waals surface area contributed by atoms with E-state index in [1.165, 1.54) is 0 Å². The number of rotatable bonds is 3. The van der Waals surface area contributed by atoms with Crippen LogP contribution in [0.2, 0.25) is 5.82 Å². The van der Waals surface area contributed by atoms with Gasteiger partial charge in [0.15, 0.2) is 0 Å². The summed E-state index contributed by atoms with van der Waals surface area (Å²) in [6.07, 6.45) is 1.15. The third kappa shape index (κ3) is 4.56. The maximum atomic E-state index is 5.63. The highest BCUT2D eigenvalue weighted by Gasteiger charge is 2.07. The minimum atomic E-state index is 0.363. The predicted octanol–water partition coefficient (Wildman–Crippen LogP) is 2.65. The third-order valence-electron chi connectivity index (χ3n) is 1.88. The highest BCUT2D eigenvalue weighted by atomic mass is 14.1. The molecule has 0 aliphatic heterocycles. The Morgan fingerprint density at radius 3 is 1.67 bits per heavy atom. The lowest BCUT2D eigenvalue weighted by Crippen LogP contribution is -2.05. The summed E-state index contributed by atoms with van der Waals surface area (Å²) in [5.74, 6) is 1.91. The van der Waals surface area contributed by atoms with E-state index < -0.39 is 0 Å². The first-order valence-electron chi connectivity index (χ1n) is 3.79. The van der Waals surface area contributed by atoms with Gasteiger partial charge in [-0.1, -0.05) is 39.9 Å². The van der Waals surface area contributed by atoms with Crippen LogP contribution in [-0.4, -0.2) is 7.85 Å². The standard InChI is InChI=1S/C8H17B/c1-6(2)7(3)5-8(4)9/h6-8H,5H2,1-4H3. The van der Waals surface area contributed by atoms with Crippen molar-refractivity contribution in [2.45, 2.75) is 39.9 Å². The first-order valence-corrected chi connectivity index (χ1v) is 3.79. The van der Waals surface area contributed by atoms with Crippen LogP contribution in [-0.2, 0) is 0 Å². The van der Waals surface area contributed by atoms with E-state index in [0.29, 0.717) is 5.82 Å². The van der Waals surface area contributed by atoms with E-state index in [-0.39, 0.29) is 0 Å². The van der Waals surface area contributed by atoms with Crippen LogP contribution in [0, 0.1) is 11.8 Å². The largest absolute Gasteiger partial charge is 0.0799 e. The van der Waals surface area contributed by atoms with Gasteiger partial charge in [0.05, 0.1) is 7.85 Å². The zero-order valence-electron chi connectivity index (χ0n) is 7.02. The van der Waals surface area contributed by atoms with Crippen LogP contribution in [0.1, 0.15) is 34.1 Å². The van der Waals surface area contributed by atoms with E-state index in [1.54, 1.807) is 0 Å². The van der Waals surface area contributed by atoms with E-state index in [1.807, 2.05) is 0 Å². The summed E-state index contributed by atoms with van der Waals surface area (Å²) in [4.78, 5) is 0. The van der Waals surface area contributed by atoms with Crippen LogP contribution in [0.25, 0.3) is 0 Å². The molecule has 0 amide bonds. The van der Waals surface area contributed by atoms with E-state index in [4.69, 9.17) is 7.85 Å². The summed E-state index contributed by atoms with van der Waals surface area (Å²) >= 11 is 0. The second-order valence-corrected chi connectivity index (χ2v) is 3.43. The molecular formula is C8H17B. The van der Waals surface area contributed by atoms with Crippen molar-refractivity contribution in [3.8, 4) is 0 Å². The molecule has 0 saturated carbocycles. The lowest BCUT2D eigenvalue weighted by molar-refractivity contribution is 0.389. The van der Waals surface area contributed by atoms with Crippen LogP contribution >= 0.6 is 0 Å². The molecule has 2 atom stereocenters. The van der Waals surface area contributed by atoms with Crippen molar-refractivity contribution < 1.29 is 0 Å². The molecule has 2 unspecified atom stereocenters. The Kier molecular flexibility index (Phi) is 4.00. The highest BCUT2D eigenvalue weighted by molar-refractivity contribution is 6.11. The Morgan fingerprint density at radius 1 is 1.11 bits per heavy atom. The van der Waals surface area contributed by atoms with Crippen molar-refractivity contribution in [1.29, 1.82) is 0 Å². The highest BCUT2D eigenvalue weighted by Crippen LogP contribution is 2.20. The molecule has 9 heavy (non-hydrogen) atoms. The van der Waals surface area contributed by atoms with Crippen LogP contribution in [0.4, 0.5) is 0 Å². The SMILES string of the molecule is [B]C(C)CC(C)C(C)C. The van der Waals surface area contributed by atoms with Crippen molar-refractivity contribution in [2.24, 2.45) is 11.8 Å².